The number of oxime groups is 1. The molecule has 0 aromatic carbocycles. The van der Waals surface area contributed by atoms with Crippen molar-refractivity contribution in [3.63, 3.8) is 0 Å². The highest BCUT2D eigenvalue weighted by molar-refractivity contribution is 8.11. The van der Waals surface area contributed by atoms with E-state index in [2.05, 4.69) is 5.16 Å². The highest BCUT2D eigenvalue weighted by Gasteiger charge is 2.32. The van der Waals surface area contributed by atoms with Gasteiger partial charge in [0.25, 0.3) is 0 Å². The van der Waals surface area contributed by atoms with E-state index in [9.17, 15) is 0 Å². The van der Waals surface area contributed by atoms with Gasteiger partial charge in [-0.2, -0.15) is 0 Å². The standard InChI is InChI=1S/C6H12Cl2NO3PS/c1-3-11-13(14,12-4-2)6(8)5(7)9-10/h6,10H,3-4H2,1-2H3. The van der Waals surface area contributed by atoms with Gasteiger partial charge in [-0.3, -0.25) is 0 Å². The first-order valence-corrected chi connectivity index (χ1v) is 7.44. The third kappa shape index (κ3) is 4.01. The zero-order chi connectivity index (χ0) is 11.2. The molecule has 1 N–H and O–H groups in total. The topological polar surface area (TPSA) is 51.0 Å². The van der Waals surface area contributed by atoms with Crippen LogP contribution in [0.3, 0.4) is 0 Å². The summed E-state index contributed by atoms with van der Waals surface area (Å²) in [4.78, 5) is 0. The first-order valence-electron chi connectivity index (χ1n) is 3.92. The third-order valence-corrected chi connectivity index (χ3v) is 6.37. The molecule has 0 amide bonds. The van der Waals surface area contributed by atoms with Crippen LogP contribution < -0.4 is 0 Å². The molecule has 0 fully saturated rings. The molecular weight excluding hydrogens is 268 g/mol. The fourth-order valence-corrected chi connectivity index (χ4v) is 3.95. The van der Waals surface area contributed by atoms with Crippen molar-refractivity contribution in [1.29, 1.82) is 0 Å². The molecule has 0 aliphatic rings. The molecule has 8 heteroatoms. The van der Waals surface area contributed by atoms with Gasteiger partial charge in [-0.05, 0) is 25.7 Å². The van der Waals surface area contributed by atoms with E-state index in [0.29, 0.717) is 13.2 Å². The summed E-state index contributed by atoms with van der Waals surface area (Å²) in [7, 11) is 0. The van der Waals surface area contributed by atoms with Crippen molar-refractivity contribution in [1.82, 2.24) is 0 Å². The fraction of sp³-hybridized carbons (Fsp3) is 0.833. The molecule has 1 unspecified atom stereocenters. The molecule has 14 heavy (non-hydrogen) atoms. The molecule has 0 spiro atoms. The number of rotatable bonds is 6. The quantitative estimate of drug-likeness (QED) is 0.267. The van der Waals surface area contributed by atoms with Crippen molar-refractivity contribution in [2.75, 3.05) is 13.2 Å². The van der Waals surface area contributed by atoms with Crippen LogP contribution in [0.2, 0.25) is 0 Å². The molecule has 84 valence electrons. The Labute approximate surface area is 98.3 Å². The van der Waals surface area contributed by atoms with Crippen molar-refractivity contribution in [3.05, 3.63) is 0 Å². The molecule has 0 saturated heterocycles. The minimum absolute atomic E-state index is 0.211. The first-order chi connectivity index (χ1) is 6.51. The number of alkyl halides is 1. The Kier molecular flexibility index (Phi) is 7.30. The fourth-order valence-electron chi connectivity index (χ4n) is 0.706. The average Bonchev–Trinajstić information content (AvgIpc) is 2.16. The van der Waals surface area contributed by atoms with Crippen molar-refractivity contribution in [3.8, 4) is 0 Å². The van der Waals surface area contributed by atoms with Crippen LogP contribution in [-0.2, 0) is 20.9 Å². The summed E-state index contributed by atoms with van der Waals surface area (Å²) >= 11 is 16.5. The van der Waals surface area contributed by atoms with E-state index in [-0.39, 0.29) is 5.17 Å². The zero-order valence-corrected chi connectivity index (χ0v) is 11.0. The lowest BCUT2D eigenvalue weighted by Crippen LogP contribution is -2.13. The molecule has 0 heterocycles. The molecule has 0 radical (unpaired) electrons. The van der Waals surface area contributed by atoms with Crippen LogP contribution in [0.5, 0.6) is 0 Å². The van der Waals surface area contributed by atoms with Gasteiger partial charge < -0.3 is 14.3 Å². The van der Waals surface area contributed by atoms with Crippen LogP contribution in [0.25, 0.3) is 0 Å². The Hall–Kier alpha value is 0.620. The summed E-state index contributed by atoms with van der Waals surface area (Å²) < 4.78 is 10.5. The maximum atomic E-state index is 8.44. The Balaban J connectivity index is 4.72. The highest BCUT2D eigenvalue weighted by atomic mass is 35.5. The Bertz CT molecular complexity index is 241. The summed E-state index contributed by atoms with van der Waals surface area (Å²) in [5.74, 6) is 0. The summed E-state index contributed by atoms with van der Waals surface area (Å²) in [6.45, 7) is 1.58. The molecular formula is C6H12Cl2NO3PS. The molecule has 0 saturated carbocycles. The SMILES string of the molecule is CCOP(=S)(OCC)C(Cl)C(Cl)=NO. The Morgan fingerprint density at radius 2 is 1.93 bits per heavy atom. The van der Waals surface area contributed by atoms with Crippen molar-refractivity contribution >= 4 is 46.7 Å². The van der Waals surface area contributed by atoms with Gasteiger partial charge in [0.05, 0.1) is 13.2 Å². The molecule has 0 aromatic rings. The van der Waals surface area contributed by atoms with Crippen LogP contribution in [0.1, 0.15) is 13.8 Å². The lowest BCUT2D eigenvalue weighted by Gasteiger charge is -2.24. The van der Waals surface area contributed by atoms with Crippen molar-refractivity contribution in [2.45, 2.75) is 19.0 Å². The van der Waals surface area contributed by atoms with Crippen LogP contribution >= 0.6 is 29.7 Å². The first kappa shape index (κ1) is 14.6. The predicted molar refractivity (Wildman–Crippen MR) is 62.3 cm³/mol. The van der Waals surface area contributed by atoms with E-state index in [1.807, 2.05) is 0 Å². The van der Waals surface area contributed by atoms with Crippen LogP contribution in [0.4, 0.5) is 0 Å². The molecule has 0 aliphatic carbocycles. The third-order valence-electron chi connectivity index (χ3n) is 1.19. The number of nitrogens with zero attached hydrogens (tertiary/aromatic N) is 1. The largest absolute Gasteiger partial charge is 0.410 e. The number of hydrogen-bond donors (Lipinski definition) is 1. The second-order valence-electron chi connectivity index (χ2n) is 2.13. The summed E-state index contributed by atoms with van der Waals surface area (Å²) in [6, 6.07) is 0. The minimum Gasteiger partial charge on any atom is -0.410 e. The van der Waals surface area contributed by atoms with Gasteiger partial charge in [-0.1, -0.05) is 16.8 Å². The van der Waals surface area contributed by atoms with Crippen LogP contribution in [-0.4, -0.2) is 28.7 Å². The smallest absolute Gasteiger partial charge is 0.213 e. The van der Waals surface area contributed by atoms with E-state index in [1.165, 1.54) is 0 Å². The average molecular weight is 280 g/mol. The van der Waals surface area contributed by atoms with Crippen LogP contribution in [0.15, 0.2) is 5.16 Å². The number of hydrogen-bond acceptors (Lipinski definition) is 5. The zero-order valence-electron chi connectivity index (χ0n) is 7.81. The molecule has 0 bridgehead atoms. The van der Waals surface area contributed by atoms with E-state index in [0.717, 1.165) is 0 Å². The van der Waals surface area contributed by atoms with Crippen molar-refractivity contribution < 1.29 is 14.3 Å². The van der Waals surface area contributed by atoms with Gasteiger partial charge in [-0.25, -0.2) is 0 Å². The monoisotopic (exact) mass is 279 g/mol. The maximum absolute atomic E-state index is 8.44. The van der Waals surface area contributed by atoms with Gasteiger partial charge in [0.2, 0.25) is 6.49 Å². The lowest BCUT2D eigenvalue weighted by atomic mass is 10.9. The molecule has 1 atom stereocenters. The second-order valence-corrected chi connectivity index (χ2v) is 6.90. The molecule has 0 rings (SSSR count). The summed E-state index contributed by atoms with van der Waals surface area (Å²) in [5.41, 5.74) is 0. The van der Waals surface area contributed by atoms with Crippen molar-refractivity contribution in [2.24, 2.45) is 5.16 Å². The maximum Gasteiger partial charge on any atom is 0.213 e. The molecule has 0 aromatic heterocycles. The van der Waals surface area contributed by atoms with E-state index >= 15 is 0 Å². The summed E-state index contributed by atoms with van der Waals surface area (Å²) in [6.07, 6.45) is 0. The van der Waals surface area contributed by atoms with E-state index in [1.54, 1.807) is 13.8 Å². The van der Waals surface area contributed by atoms with Gasteiger partial charge >= 0.3 is 0 Å². The van der Waals surface area contributed by atoms with Crippen LogP contribution in [0, 0.1) is 0 Å². The predicted octanol–water partition coefficient (Wildman–Crippen LogP) is 2.96. The highest BCUT2D eigenvalue weighted by Crippen LogP contribution is 2.55. The van der Waals surface area contributed by atoms with Gasteiger partial charge in [0.15, 0.2) is 10.3 Å². The van der Waals surface area contributed by atoms with E-state index < -0.39 is 11.6 Å². The summed E-state index contributed by atoms with van der Waals surface area (Å²) in [5, 5.41) is 10.1. The Morgan fingerprint density at radius 1 is 1.50 bits per heavy atom. The normalized spacial score (nSPS) is 15.6. The number of halogens is 2. The Morgan fingerprint density at radius 3 is 2.21 bits per heavy atom. The molecule has 0 aliphatic heterocycles. The minimum atomic E-state index is -2.71. The van der Waals surface area contributed by atoms with Gasteiger partial charge in [0.1, 0.15) is 0 Å². The van der Waals surface area contributed by atoms with E-state index in [4.69, 9.17) is 49.3 Å². The second kappa shape index (κ2) is 6.99. The van der Waals surface area contributed by atoms with Gasteiger partial charge in [0, 0.05) is 0 Å². The molecule has 4 nitrogen and oxygen atoms in total. The lowest BCUT2D eigenvalue weighted by molar-refractivity contribution is 0.267. The van der Waals surface area contributed by atoms with Gasteiger partial charge in [-0.15, -0.1) is 11.6 Å².